The average Bonchev–Trinajstić information content (AvgIpc) is 2.37. The molecule has 0 amide bonds. The van der Waals surface area contributed by atoms with Crippen LogP contribution in [-0.2, 0) is 14.8 Å². The Morgan fingerprint density at radius 2 is 2.11 bits per heavy atom. The molecular formula is C12H18N2O4S. The minimum absolute atomic E-state index is 0.0303. The zero-order chi connectivity index (χ0) is 14.5. The smallest absolute Gasteiger partial charge is 0.339 e. The van der Waals surface area contributed by atoms with E-state index < -0.39 is 16.0 Å². The second kappa shape index (κ2) is 6.65. The molecule has 0 saturated heterocycles. The van der Waals surface area contributed by atoms with Crippen molar-refractivity contribution in [3.63, 3.8) is 0 Å². The van der Waals surface area contributed by atoms with Crippen LogP contribution in [0.2, 0.25) is 0 Å². The third-order valence-corrected chi connectivity index (χ3v) is 4.02. The molecule has 0 aromatic heterocycles. The summed E-state index contributed by atoms with van der Waals surface area (Å²) >= 11 is 0. The van der Waals surface area contributed by atoms with Crippen molar-refractivity contribution in [2.45, 2.75) is 18.2 Å². The number of esters is 1. The lowest BCUT2D eigenvalue weighted by atomic mass is 10.1. The second-order valence-corrected chi connectivity index (χ2v) is 5.77. The molecule has 7 heteroatoms. The van der Waals surface area contributed by atoms with E-state index in [1.165, 1.54) is 19.2 Å². The Morgan fingerprint density at radius 1 is 1.42 bits per heavy atom. The fourth-order valence-electron chi connectivity index (χ4n) is 1.53. The van der Waals surface area contributed by atoms with Crippen molar-refractivity contribution >= 4 is 16.0 Å². The summed E-state index contributed by atoms with van der Waals surface area (Å²) in [7, 11) is -2.53. The molecule has 0 atom stereocenters. The van der Waals surface area contributed by atoms with Crippen LogP contribution in [0, 0.1) is 6.92 Å². The number of methoxy groups -OCH3 is 1. The van der Waals surface area contributed by atoms with Gasteiger partial charge in [-0.25, -0.2) is 17.9 Å². The Bertz CT molecular complexity index is 555. The number of hydrogen-bond donors (Lipinski definition) is 2. The van der Waals surface area contributed by atoms with Crippen LogP contribution in [-0.4, -0.2) is 34.6 Å². The first-order chi connectivity index (χ1) is 8.92. The van der Waals surface area contributed by atoms with Crippen LogP contribution in [0.3, 0.4) is 0 Å². The predicted molar refractivity (Wildman–Crippen MR) is 71.4 cm³/mol. The molecule has 1 aromatic carbocycles. The predicted octanol–water partition coefficient (Wildman–Crippen LogP) is 0.409. The van der Waals surface area contributed by atoms with Gasteiger partial charge in [-0.05, 0) is 32.0 Å². The highest BCUT2D eigenvalue weighted by Crippen LogP contribution is 2.18. The van der Waals surface area contributed by atoms with Gasteiger partial charge < -0.3 is 10.5 Å². The number of ether oxygens (including phenoxy) is 1. The number of nitrogens with one attached hydrogen (secondary N) is 1. The summed E-state index contributed by atoms with van der Waals surface area (Å²) in [5, 5.41) is 0. The Morgan fingerprint density at radius 3 is 2.68 bits per heavy atom. The van der Waals surface area contributed by atoms with Crippen molar-refractivity contribution in [3.05, 3.63) is 29.3 Å². The Labute approximate surface area is 113 Å². The van der Waals surface area contributed by atoms with Crippen molar-refractivity contribution < 1.29 is 17.9 Å². The summed E-state index contributed by atoms with van der Waals surface area (Å²) in [6.45, 7) is 2.39. The fourth-order valence-corrected chi connectivity index (χ4v) is 2.78. The zero-order valence-corrected chi connectivity index (χ0v) is 11.8. The first-order valence-corrected chi connectivity index (χ1v) is 7.29. The van der Waals surface area contributed by atoms with Gasteiger partial charge in [0.2, 0.25) is 10.0 Å². The summed E-state index contributed by atoms with van der Waals surface area (Å²) < 4.78 is 31.2. The summed E-state index contributed by atoms with van der Waals surface area (Å²) in [4.78, 5) is 11.5. The molecule has 19 heavy (non-hydrogen) atoms. The van der Waals surface area contributed by atoms with E-state index in [1.54, 1.807) is 13.0 Å². The third-order valence-electron chi connectivity index (χ3n) is 2.50. The topological polar surface area (TPSA) is 98.5 Å². The van der Waals surface area contributed by atoms with E-state index in [0.29, 0.717) is 13.0 Å². The first-order valence-electron chi connectivity index (χ1n) is 5.81. The normalized spacial score (nSPS) is 11.3. The number of hydrogen-bond acceptors (Lipinski definition) is 5. The van der Waals surface area contributed by atoms with Crippen molar-refractivity contribution in [3.8, 4) is 0 Å². The number of carbonyl (C=O) groups excluding carboxylic acids is 1. The SMILES string of the molecule is COC(=O)c1cc(C)ccc1S(=O)(=O)NCCCN. The molecule has 106 valence electrons. The molecule has 0 aliphatic rings. The Balaban J connectivity index is 3.15. The zero-order valence-electron chi connectivity index (χ0n) is 11.0. The molecular weight excluding hydrogens is 268 g/mol. The number of carbonyl (C=O) groups is 1. The molecule has 0 bridgehead atoms. The lowest BCUT2D eigenvalue weighted by Gasteiger charge is -2.10. The van der Waals surface area contributed by atoms with Gasteiger partial charge in [-0.15, -0.1) is 0 Å². The molecule has 0 aliphatic carbocycles. The first kappa shape index (κ1) is 15.6. The van der Waals surface area contributed by atoms with Gasteiger partial charge in [0.1, 0.15) is 0 Å². The average molecular weight is 286 g/mol. The fraction of sp³-hybridized carbons (Fsp3) is 0.417. The van der Waals surface area contributed by atoms with E-state index in [0.717, 1.165) is 5.56 Å². The standard InChI is InChI=1S/C12H18N2O4S/c1-9-4-5-11(10(8-9)12(15)18-2)19(16,17)14-7-3-6-13/h4-5,8,14H,3,6-7,13H2,1-2H3. The van der Waals surface area contributed by atoms with Crippen LogP contribution in [0.5, 0.6) is 0 Å². The number of sulfonamides is 1. The molecule has 0 radical (unpaired) electrons. The van der Waals surface area contributed by atoms with Crippen molar-refractivity contribution in [2.75, 3.05) is 20.2 Å². The Hall–Kier alpha value is -1.44. The van der Waals surface area contributed by atoms with Crippen LogP contribution in [0.4, 0.5) is 0 Å². The molecule has 0 fully saturated rings. The van der Waals surface area contributed by atoms with Crippen LogP contribution >= 0.6 is 0 Å². The monoisotopic (exact) mass is 286 g/mol. The van der Waals surface area contributed by atoms with Gasteiger partial charge in [0.25, 0.3) is 0 Å². The number of aryl methyl sites for hydroxylation is 1. The second-order valence-electron chi connectivity index (χ2n) is 4.03. The largest absolute Gasteiger partial charge is 0.465 e. The number of nitrogens with two attached hydrogens (primary N) is 1. The van der Waals surface area contributed by atoms with Crippen LogP contribution in [0.1, 0.15) is 22.3 Å². The van der Waals surface area contributed by atoms with Gasteiger partial charge in [0, 0.05) is 6.54 Å². The molecule has 1 rings (SSSR count). The quantitative estimate of drug-likeness (QED) is 0.583. The van der Waals surface area contributed by atoms with E-state index in [4.69, 9.17) is 5.73 Å². The maximum atomic E-state index is 12.1. The molecule has 1 aromatic rings. The highest BCUT2D eigenvalue weighted by molar-refractivity contribution is 7.89. The number of benzene rings is 1. The van der Waals surface area contributed by atoms with Gasteiger partial charge in [-0.1, -0.05) is 11.6 Å². The van der Waals surface area contributed by atoms with Gasteiger partial charge in [-0.2, -0.15) is 0 Å². The highest BCUT2D eigenvalue weighted by Gasteiger charge is 2.22. The summed E-state index contributed by atoms with van der Waals surface area (Å²) in [5.41, 5.74) is 6.12. The van der Waals surface area contributed by atoms with Crippen LogP contribution < -0.4 is 10.5 Å². The highest BCUT2D eigenvalue weighted by atomic mass is 32.2. The van der Waals surface area contributed by atoms with E-state index in [2.05, 4.69) is 9.46 Å². The van der Waals surface area contributed by atoms with Crippen molar-refractivity contribution in [1.29, 1.82) is 0 Å². The molecule has 0 aliphatic heterocycles. The van der Waals surface area contributed by atoms with E-state index >= 15 is 0 Å². The molecule has 0 heterocycles. The third kappa shape index (κ3) is 4.02. The van der Waals surface area contributed by atoms with E-state index in [1.807, 2.05) is 0 Å². The maximum absolute atomic E-state index is 12.1. The lowest BCUT2D eigenvalue weighted by Crippen LogP contribution is -2.28. The van der Waals surface area contributed by atoms with Gasteiger partial charge in [-0.3, -0.25) is 0 Å². The minimum Gasteiger partial charge on any atom is -0.465 e. The van der Waals surface area contributed by atoms with E-state index in [-0.39, 0.29) is 17.0 Å². The molecule has 0 unspecified atom stereocenters. The Kier molecular flexibility index (Phi) is 5.46. The van der Waals surface area contributed by atoms with Crippen molar-refractivity contribution in [2.24, 2.45) is 5.73 Å². The van der Waals surface area contributed by atoms with E-state index in [9.17, 15) is 13.2 Å². The van der Waals surface area contributed by atoms with Crippen LogP contribution in [0.25, 0.3) is 0 Å². The molecule has 6 nitrogen and oxygen atoms in total. The summed E-state index contributed by atoms with van der Waals surface area (Å²) in [6.07, 6.45) is 0.526. The molecule has 3 N–H and O–H groups in total. The van der Waals surface area contributed by atoms with Gasteiger partial charge >= 0.3 is 5.97 Å². The van der Waals surface area contributed by atoms with Gasteiger partial charge in [0.05, 0.1) is 17.6 Å². The summed E-state index contributed by atoms with van der Waals surface area (Å²) in [6, 6.07) is 4.51. The minimum atomic E-state index is -3.74. The summed E-state index contributed by atoms with van der Waals surface area (Å²) in [5.74, 6) is -0.678. The van der Waals surface area contributed by atoms with Crippen molar-refractivity contribution in [1.82, 2.24) is 4.72 Å². The number of rotatable bonds is 6. The maximum Gasteiger partial charge on any atom is 0.339 e. The molecule has 0 saturated carbocycles. The molecule has 0 spiro atoms. The lowest BCUT2D eigenvalue weighted by molar-refractivity contribution is 0.0596. The van der Waals surface area contributed by atoms with Gasteiger partial charge in [0.15, 0.2) is 0 Å². The van der Waals surface area contributed by atoms with Crippen LogP contribution in [0.15, 0.2) is 23.1 Å².